The lowest BCUT2D eigenvalue weighted by Gasteiger charge is -2.42. The summed E-state index contributed by atoms with van der Waals surface area (Å²) < 4.78 is 0. The van der Waals surface area contributed by atoms with Crippen LogP contribution in [0.4, 0.5) is 11.4 Å². The summed E-state index contributed by atoms with van der Waals surface area (Å²) in [6, 6.07) is 8.92. The number of nitrogens with zero attached hydrogens (tertiary/aromatic N) is 2. The van der Waals surface area contributed by atoms with Gasteiger partial charge in [-0.1, -0.05) is 52.3 Å². The van der Waals surface area contributed by atoms with Crippen LogP contribution in [0.1, 0.15) is 58.1 Å². The molecule has 1 unspecified atom stereocenters. The zero-order chi connectivity index (χ0) is 27.6. The minimum absolute atomic E-state index is 0.0177. The van der Waals surface area contributed by atoms with Crippen LogP contribution in [0.3, 0.4) is 0 Å². The second-order valence-corrected chi connectivity index (χ2v) is 12.5. The Bertz CT molecular complexity index is 1190. The zero-order valence-electron chi connectivity index (χ0n) is 23.6. The van der Waals surface area contributed by atoms with Crippen molar-refractivity contribution in [3.05, 3.63) is 95.3 Å². The van der Waals surface area contributed by atoms with E-state index in [1.165, 1.54) is 28.2 Å². The van der Waals surface area contributed by atoms with E-state index in [0.29, 0.717) is 5.92 Å². The molecule has 4 rings (SSSR count). The third-order valence-corrected chi connectivity index (χ3v) is 8.33. The Hall–Kier alpha value is -2.96. The van der Waals surface area contributed by atoms with Crippen molar-refractivity contribution in [3.8, 4) is 0 Å². The molecule has 0 saturated carbocycles. The molecule has 0 bridgehead atoms. The van der Waals surface area contributed by atoms with E-state index in [2.05, 4.69) is 95.6 Å². The normalized spacial score (nSPS) is 18.5. The van der Waals surface area contributed by atoms with Crippen molar-refractivity contribution in [2.24, 2.45) is 11.7 Å². The van der Waals surface area contributed by atoms with Crippen LogP contribution in [0, 0.1) is 5.92 Å². The smallest absolute Gasteiger partial charge is 0.0698 e. The molecule has 0 aliphatic carbocycles. The second kappa shape index (κ2) is 11.4. The molecule has 1 aromatic carbocycles. The van der Waals surface area contributed by atoms with Crippen LogP contribution < -0.4 is 26.2 Å². The van der Waals surface area contributed by atoms with E-state index in [1.807, 2.05) is 13.8 Å². The van der Waals surface area contributed by atoms with Gasteiger partial charge in [0.1, 0.15) is 0 Å². The molecule has 1 aromatic heterocycles. The quantitative estimate of drug-likeness (QED) is 0.302. The molecular weight excluding hydrogens is 486 g/mol. The fourth-order valence-corrected chi connectivity index (χ4v) is 5.99. The molecule has 0 amide bonds. The maximum atomic E-state index is 6.33. The molecule has 0 spiro atoms. The van der Waals surface area contributed by atoms with Gasteiger partial charge < -0.3 is 26.2 Å². The average molecular weight is 532 g/mol. The van der Waals surface area contributed by atoms with Crippen LogP contribution in [-0.4, -0.2) is 24.2 Å². The maximum Gasteiger partial charge on any atom is 0.0698 e. The van der Waals surface area contributed by atoms with Crippen molar-refractivity contribution in [2.45, 2.75) is 77.5 Å². The Balaban J connectivity index is 1.64. The summed E-state index contributed by atoms with van der Waals surface area (Å²) in [5.41, 5.74) is 14.9. The van der Waals surface area contributed by atoms with Gasteiger partial charge in [-0.2, -0.15) is 11.3 Å². The van der Waals surface area contributed by atoms with Gasteiger partial charge in [0.25, 0.3) is 0 Å². The summed E-state index contributed by atoms with van der Waals surface area (Å²) >= 11 is 1.73. The van der Waals surface area contributed by atoms with Gasteiger partial charge in [0.15, 0.2) is 0 Å². The van der Waals surface area contributed by atoms with Gasteiger partial charge >= 0.3 is 0 Å². The summed E-state index contributed by atoms with van der Waals surface area (Å²) in [6.07, 6.45) is 3.97. The fraction of sp³-hybridized carbons (Fsp3) is 0.438. The fourth-order valence-electron chi connectivity index (χ4n) is 5.33. The van der Waals surface area contributed by atoms with Crippen molar-refractivity contribution in [2.75, 3.05) is 16.3 Å². The first-order chi connectivity index (χ1) is 18.0. The van der Waals surface area contributed by atoms with Gasteiger partial charge in [0.2, 0.25) is 0 Å². The number of hydrogen-bond donors (Lipinski definition) is 3. The molecule has 4 N–H and O–H groups in total. The van der Waals surface area contributed by atoms with Crippen molar-refractivity contribution < 1.29 is 0 Å². The number of allylic oxidation sites excluding steroid dienone is 1. The highest BCUT2D eigenvalue weighted by atomic mass is 32.1. The summed E-state index contributed by atoms with van der Waals surface area (Å²) in [6.45, 7) is 27.9. The van der Waals surface area contributed by atoms with Crippen LogP contribution in [0.2, 0.25) is 0 Å². The molecule has 2 aromatic rings. The molecule has 3 heterocycles. The number of anilines is 2. The lowest BCUT2D eigenvalue weighted by atomic mass is 9.92. The molecule has 2 aliphatic heterocycles. The largest absolute Gasteiger partial charge is 0.379 e. The molecule has 2 atom stereocenters. The number of benzene rings is 1. The van der Waals surface area contributed by atoms with Crippen LogP contribution in [0.15, 0.2) is 84.1 Å². The number of para-hydroxylation sites is 1. The highest BCUT2D eigenvalue weighted by Gasteiger charge is 2.34. The highest BCUT2D eigenvalue weighted by Crippen LogP contribution is 2.44. The summed E-state index contributed by atoms with van der Waals surface area (Å²) in [5.74, 6) is 0.487. The molecule has 6 heteroatoms. The van der Waals surface area contributed by atoms with Crippen LogP contribution >= 0.6 is 11.3 Å². The van der Waals surface area contributed by atoms with E-state index in [4.69, 9.17) is 5.73 Å². The van der Waals surface area contributed by atoms with Crippen LogP contribution in [0.5, 0.6) is 0 Å². The molecule has 5 nitrogen and oxygen atoms in total. The average Bonchev–Trinajstić information content (AvgIpc) is 3.51. The molecule has 1 saturated heterocycles. The van der Waals surface area contributed by atoms with E-state index >= 15 is 0 Å². The second-order valence-electron chi connectivity index (χ2n) is 11.8. The lowest BCUT2D eigenvalue weighted by Crippen LogP contribution is -2.49. The van der Waals surface area contributed by atoms with E-state index in [9.17, 15) is 0 Å². The minimum Gasteiger partial charge on any atom is -0.379 e. The number of thiophene rings is 1. The molecular formula is C32H45N5S. The molecule has 1 fully saturated rings. The third-order valence-electron chi connectivity index (χ3n) is 7.60. The van der Waals surface area contributed by atoms with E-state index in [-0.39, 0.29) is 12.1 Å². The number of nitrogens with two attached hydrogens (primary N) is 1. The SMILES string of the molecule is C=C(NC1Cc2cccc(N3CCCC3=C)c2N(Cc2ccsc2)C1=C)[C@@H](CC(C)C)NC(=C)C(C)(C)N. The van der Waals surface area contributed by atoms with Crippen molar-refractivity contribution in [3.63, 3.8) is 0 Å². The van der Waals surface area contributed by atoms with E-state index in [1.54, 1.807) is 11.3 Å². The highest BCUT2D eigenvalue weighted by molar-refractivity contribution is 7.07. The zero-order valence-corrected chi connectivity index (χ0v) is 24.5. The van der Waals surface area contributed by atoms with Gasteiger partial charge in [0, 0.05) is 47.8 Å². The van der Waals surface area contributed by atoms with E-state index in [0.717, 1.165) is 55.9 Å². The number of fused-ring (bicyclic) bond motifs is 1. The minimum atomic E-state index is -0.518. The molecule has 38 heavy (non-hydrogen) atoms. The number of hydrogen-bond acceptors (Lipinski definition) is 6. The number of rotatable bonds is 11. The number of nitrogens with one attached hydrogen (secondary N) is 2. The predicted octanol–water partition coefficient (Wildman–Crippen LogP) is 6.67. The standard InChI is InChI=1S/C32H45N5S/c1-21(2)17-28(35-25(6)32(7,8)33)23(4)34-29-18-27-12-9-13-30(36-15-10-11-22(36)3)31(27)37(24(29)5)19-26-14-16-38-20-26/h9,12-14,16,20-21,28-29,34-35H,3-6,10-11,15,17-19,33H2,1-2,7-8H3/t28-,29?/m1/s1. The van der Waals surface area contributed by atoms with Gasteiger partial charge in [-0.25, -0.2) is 0 Å². The Morgan fingerprint density at radius 3 is 2.58 bits per heavy atom. The van der Waals surface area contributed by atoms with Gasteiger partial charge in [-0.3, -0.25) is 0 Å². The van der Waals surface area contributed by atoms with Crippen molar-refractivity contribution in [1.29, 1.82) is 0 Å². The van der Waals surface area contributed by atoms with Crippen molar-refractivity contribution in [1.82, 2.24) is 10.6 Å². The molecule has 204 valence electrons. The Morgan fingerprint density at radius 2 is 1.97 bits per heavy atom. The van der Waals surface area contributed by atoms with E-state index < -0.39 is 5.54 Å². The predicted molar refractivity (Wildman–Crippen MR) is 165 cm³/mol. The molecule has 0 radical (unpaired) electrons. The maximum absolute atomic E-state index is 6.33. The Morgan fingerprint density at radius 1 is 1.21 bits per heavy atom. The first kappa shape index (κ1) is 28.1. The van der Waals surface area contributed by atoms with Crippen molar-refractivity contribution >= 4 is 22.7 Å². The van der Waals surface area contributed by atoms with Crippen LogP contribution in [0.25, 0.3) is 0 Å². The summed E-state index contributed by atoms with van der Waals surface area (Å²) in [4.78, 5) is 4.79. The lowest BCUT2D eigenvalue weighted by molar-refractivity contribution is 0.427. The monoisotopic (exact) mass is 531 g/mol. The summed E-state index contributed by atoms with van der Waals surface area (Å²) in [5, 5.41) is 11.7. The Labute approximate surface area is 233 Å². The van der Waals surface area contributed by atoms with Gasteiger partial charge in [-0.15, -0.1) is 0 Å². The third kappa shape index (κ3) is 6.19. The summed E-state index contributed by atoms with van der Waals surface area (Å²) in [7, 11) is 0. The van der Waals surface area contributed by atoms with Gasteiger partial charge in [-0.05, 0) is 73.0 Å². The van der Waals surface area contributed by atoms with Gasteiger partial charge in [0.05, 0.1) is 23.5 Å². The Kier molecular flexibility index (Phi) is 8.43. The van der Waals surface area contributed by atoms with Crippen LogP contribution in [-0.2, 0) is 13.0 Å². The molecule has 2 aliphatic rings. The first-order valence-electron chi connectivity index (χ1n) is 13.7. The first-order valence-corrected chi connectivity index (χ1v) is 14.6. The topological polar surface area (TPSA) is 56.6 Å².